The maximum atomic E-state index is 4.59. The molecule has 0 aliphatic carbocycles. The molecule has 2 N–H and O–H groups in total. The predicted molar refractivity (Wildman–Crippen MR) is 119 cm³/mol. The number of rotatable bonds is 6. The molecule has 0 amide bonds. The van der Waals surface area contributed by atoms with E-state index in [1.54, 1.807) is 11.3 Å². The molecule has 1 fully saturated rings. The first kappa shape index (κ1) is 20.8. The van der Waals surface area contributed by atoms with Crippen molar-refractivity contribution in [3.05, 3.63) is 51.0 Å². The molecule has 0 spiro atoms. The van der Waals surface area contributed by atoms with Gasteiger partial charge in [-0.1, -0.05) is 31.2 Å². The number of nitrogens with zero attached hydrogens (tertiary/aromatic N) is 3. The van der Waals surface area contributed by atoms with Crippen molar-refractivity contribution in [3.8, 4) is 0 Å². The van der Waals surface area contributed by atoms with Crippen molar-refractivity contribution < 1.29 is 0 Å². The summed E-state index contributed by atoms with van der Waals surface area (Å²) in [5.41, 5.74) is 3.86. The van der Waals surface area contributed by atoms with Gasteiger partial charge in [-0.3, -0.25) is 9.89 Å². The summed E-state index contributed by atoms with van der Waals surface area (Å²) in [6.07, 6.45) is 2.67. The van der Waals surface area contributed by atoms with Crippen molar-refractivity contribution in [2.24, 2.45) is 10.9 Å². The predicted octanol–water partition coefficient (Wildman–Crippen LogP) is 3.86. The fourth-order valence-corrected chi connectivity index (χ4v) is 4.60. The first-order valence-corrected chi connectivity index (χ1v) is 11.0. The highest BCUT2D eigenvalue weighted by Gasteiger charge is 2.17. The highest BCUT2D eigenvalue weighted by atomic mass is 32.1. The molecule has 2 heterocycles. The van der Waals surface area contributed by atoms with Gasteiger partial charge in [-0.25, -0.2) is 4.98 Å². The molecule has 1 saturated heterocycles. The molecule has 0 bridgehead atoms. The van der Waals surface area contributed by atoms with E-state index in [-0.39, 0.29) is 0 Å². The van der Waals surface area contributed by atoms with E-state index in [9.17, 15) is 0 Å². The van der Waals surface area contributed by atoms with E-state index in [1.807, 2.05) is 7.05 Å². The highest BCUT2D eigenvalue weighted by molar-refractivity contribution is 7.11. The zero-order valence-electron chi connectivity index (χ0n) is 17.6. The quantitative estimate of drug-likeness (QED) is 0.572. The van der Waals surface area contributed by atoms with Crippen LogP contribution < -0.4 is 10.6 Å². The Bertz CT molecular complexity index is 778. The first-order chi connectivity index (χ1) is 13.5. The summed E-state index contributed by atoms with van der Waals surface area (Å²) < 4.78 is 0. The number of nitrogens with one attached hydrogen (secondary N) is 2. The van der Waals surface area contributed by atoms with Gasteiger partial charge in [0.15, 0.2) is 5.96 Å². The van der Waals surface area contributed by atoms with Crippen molar-refractivity contribution in [3.63, 3.8) is 0 Å². The van der Waals surface area contributed by atoms with Gasteiger partial charge in [-0.05, 0) is 50.3 Å². The average Bonchev–Trinajstić information content (AvgIpc) is 3.01. The van der Waals surface area contributed by atoms with Gasteiger partial charge >= 0.3 is 0 Å². The van der Waals surface area contributed by atoms with Crippen molar-refractivity contribution in [1.29, 1.82) is 0 Å². The molecular weight excluding hydrogens is 366 g/mol. The van der Waals surface area contributed by atoms with Crippen LogP contribution in [-0.4, -0.2) is 36.0 Å². The van der Waals surface area contributed by atoms with Crippen LogP contribution in [0, 0.1) is 19.8 Å². The molecule has 2 aromatic rings. The number of aliphatic imine (C=N–C) groups is 1. The molecule has 6 heteroatoms. The minimum atomic E-state index is 0.701. The van der Waals surface area contributed by atoms with E-state index in [4.69, 9.17) is 0 Å². The van der Waals surface area contributed by atoms with E-state index in [0.29, 0.717) is 6.54 Å². The number of hydrogen-bond donors (Lipinski definition) is 2. The van der Waals surface area contributed by atoms with Crippen LogP contribution >= 0.6 is 11.3 Å². The van der Waals surface area contributed by atoms with Gasteiger partial charge in [0, 0.05) is 31.6 Å². The molecule has 1 unspecified atom stereocenters. The maximum Gasteiger partial charge on any atom is 0.191 e. The van der Waals surface area contributed by atoms with E-state index in [1.165, 1.54) is 41.9 Å². The Balaban J connectivity index is 1.55. The van der Waals surface area contributed by atoms with Gasteiger partial charge in [-0.15, -0.1) is 11.3 Å². The number of aromatic nitrogens is 1. The third kappa shape index (κ3) is 5.79. The van der Waals surface area contributed by atoms with Crippen LogP contribution in [-0.2, 0) is 19.6 Å². The van der Waals surface area contributed by atoms with Gasteiger partial charge in [0.1, 0.15) is 5.01 Å². The molecule has 1 aliphatic rings. The molecular formula is C22H33N5S. The van der Waals surface area contributed by atoms with E-state index < -0.39 is 0 Å². The summed E-state index contributed by atoms with van der Waals surface area (Å²) in [4.78, 5) is 12.8. The van der Waals surface area contributed by atoms with Gasteiger partial charge in [0.05, 0.1) is 12.2 Å². The lowest BCUT2D eigenvalue weighted by atomic mass is 9.99. The number of benzene rings is 1. The molecule has 0 saturated carbocycles. The Labute approximate surface area is 173 Å². The number of guanidine groups is 1. The van der Waals surface area contributed by atoms with Crippen molar-refractivity contribution in [2.45, 2.75) is 53.2 Å². The molecule has 1 aromatic heterocycles. The minimum Gasteiger partial charge on any atom is -0.352 e. The lowest BCUT2D eigenvalue weighted by Crippen LogP contribution is -2.37. The molecule has 5 nitrogen and oxygen atoms in total. The summed E-state index contributed by atoms with van der Waals surface area (Å²) in [7, 11) is 1.81. The smallest absolute Gasteiger partial charge is 0.191 e. The number of piperidine rings is 1. The molecule has 28 heavy (non-hydrogen) atoms. The standard InChI is InChI=1S/C22H33N5S/c1-16-8-7-11-27(14-16)15-20-10-6-5-9-19(20)12-24-22(23-4)25-13-21-26-17(2)18(3)28-21/h5-6,9-10,16H,7-8,11-15H2,1-4H3,(H2,23,24,25). The van der Waals surface area contributed by atoms with Crippen LogP contribution in [0.2, 0.25) is 0 Å². The Morgan fingerprint density at radius 2 is 1.96 bits per heavy atom. The lowest BCUT2D eigenvalue weighted by Gasteiger charge is -2.31. The number of thiazole rings is 1. The summed E-state index contributed by atoms with van der Waals surface area (Å²) >= 11 is 1.74. The molecule has 3 rings (SSSR count). The van der Waals surface area contributed by atoms with Gasteiger partial charge in [0.25, 0.3) is 0 Å². The molecule has 1 atom stereocenters. The largest absolute Gasteiger partial charge is 0.352 e. The fraction of sp³-hybridized carbons (Fsp3) is 0.545. The van der Waals surface area contributed by atoms with E-state index in [2.05, 4.69) is 70.5 Å². The van der Waals surface area contributed by atoms with Crippen LogP contribution in [0.5, 0.6) is 0 Å². The topological polar surface area (TPSA) is 52.6 Å². The molecule has 152 valence electrons. The van der Waals surface area contributed by atoms with E-state index >= 15 is 0 Å². The monoisotopic (exact) mass is 399 g/mol. The van der Waals surface area contributed by atoms with Crippen LogP contribution in [0.25, 0.3) is 0 Å². The minimum absolute atomic E-state index is 0.701. The maximum absolute atomic E-state index is 4.59. The number of aryl methyl sites for hydroxylation is 2. The molecule has 0 radical (unpaired) electrons. The average molecular weight is 400 g/mol. The third-order valence-electron chi connectivity index (χ3n) is 5.40. The molecule has 1 aromatic carbocycles. The van der Waals surface area contributed by atoms with Crippen LogP contribution in [0.1, 0.15) is 46.5 Å². The Morgan fingerprint density at radius 1 is 1.21 bits per heavy atom. The zero-order valence-corrected chi connectivity index (χ0v) is 18.4. The second-order valence-electron chi connectivity index (χ2n) is 7.78. The fourth-order valence-electron chi connectivity index (χ4n) is 3.73. The van der Waals surface area contributed by atoms with Gasteiger partial charge in [0.2, 0.25) is 0 Å². The van der Waals surface area contributed by atoms with Gasteiger partial charge in [-0.2, -0.15) is 0 Å². The van der Waals surface area contributed by atoms with Crippen molar-refractivity contribution in [2.75, 3.05) is 20.1 Å². The third-order valence-corrected chi connectivity index (χ3v) is 6.48. The van der Waals surface area contributed by atoms with Crippen LogP contribution in [0.3, 0.4) is 0 Å². The van der Waals surface area contributed by atoms with Crippen molar-refractivity contribution in [1.82, 2.24) is 20.5 Å². The number of likely N-dealkylation sites (tertiary alicyclic amines) is 1. The summed E-state index contributed by atoms with van der Waals surface area (Å²) in [6.45, 7) is 11.5. The highest BCUT2D eigenvalue weighted by Crippen LogP contribution is 2.19. The Morgan fingerprint density at radius 3 is 2.64 bits per heavy atom. The first-order valence-electron chi connectivity index (χ1n) is 10.2. The SMILES string of the molecule is CN=C(NCc1nc(C)c(C)s1)NCc1ccccc1CN1CCCC(C)C1. The summed E-state index contributed by atoms with van der Waals surface area (Å²) in [6, 6.07) is 8.74. The lowest BCUT2D eigenvalue weighted by molar-refractivity contribution is 0.176. The summed E-state index contributed by atoms with van der Waals surface area (Å²) in [5, 5.41) is 7.94. The molecule has 1 aliphatic heterocycles. The summed E-state index contributed by atoms with van der Waals surface area (Å²) in [5.74, 6) is 1.62. The van der Waals surface area contributed by atoms with Crippen molar-refractivity contribution >= 4 is 17.3 Å². The second-order valence-corrected chi connectivity index (χ2v) is 9.07. The zero-order chi connectivity index (χ0) is 19.9. The van der Waals surface area contributed by atoms with Gasteiger partial charge < -0.3 is 10.6 Å². The van der Waals surface area contributed by atoms with E-state index in [0.717, 1.165) is 35.7 Å². The number of hydrogen-bond acceptors (Lipinski definition) is 4. The van der Waals surface area contributed by atoms with Crippen LogP contribution in [0.15, 0.2) is 29.3 Å². The normalized spacial score (nSPS) is 18.3. The second kappa shape index (κ2) is 10.0. The Hall–Kier alpha value is -1.92. The Kier molecular flexibility index (Phi) is 7.45. The van der Waals surface area contributed by atoms with Crippen LogP contribution in [0.4, 0.5) is 0 Å².